The maximum Gasteiger partial charge on any atom is -0.0155 e. The van der Waals surface area contributed by atoms with Crippen molar-refractivity contribution in [3.05, 3.63) is 60.2 Å². The molecular weight excluding hydrogens is 192 g/mol. The predicted octanol–water partition coefficient (Wildman–Crippen LogP) is 5.08. The van der Waals surface area contributed by atoms with E-state index in [9.17, 15) is 0 Å². The molecule has 0 radical (unpaired) electrons. The molecular formula is C16H20. The van der Waals surface area contributed by atoms with Gasteiger partial charge in [-0.2, -0.15) is 0 Å². The van der Waals surface area contributed by atoms with Crippen LogP contribution in [0.25, 0.3) is 11.1 Å². The van der Waals surface area contributed by atoms with E-state index in [2.05, 4.69) is 69.3 Å². The Labute approximate surface area is 99.0 Å². The molecule has 0 heteroatoms. The Balaban J connectivity index is 0.000000386. The zero-order chi connectivity index (χ0) is 11.8. The number of benzene rings is 2. The highest BCUT2D eigenvalue weighted by Crippen LogP contribution is 2.21. The van der Waals surface area contributed by atoms with Gasteiger partial charge in [0.1, 0.15) is 0 Å². The molecule has 0 saturated carbocycles. The van der Waals surface area contributed by atoms with Crippen molar-refractivity contribution in [3.8, 4) is 11.1 Å². The molecule has 0 fully saturated rings. The van der Waals surface area contributed by atoms with Gasteiger partial charge in [-0.25, -0.2) is 0 Å². The quantitative estimate of drug-likeness (QED) is 0.618. The predicted molar refractivity (Wildman–Crippen MR) is 72.6 cm³/mol. The van der Waals surface area contributed by atoms with Crippen LogP contribution >= 0.6 is 0 Å². The Morgan fingerprint density at radius 1 is 0.750 bits per heavy atom. The molecule has 0 saturated heterocycles. The SMILES string of the molecule is CCC.Cc1ccccc1-c1ccccc1. The fourth-order valence-corrected chi connectivity index (χ4v) is 1.51. The Kier molecular flexibility index (Phi) is 5.35. The second kappa shape index (κ2) is 6.84. The highest BCUT2D eigenvalue weighted by atomic mass is 14.0. The van der Waals surface area contributed by atoms with Gasteiger partial charge in [0.25, 0.3) is 0 Å². The van der Waals surface area contributed by atoms with Crippen molar-refractivity contribution >= 4 is 0 Å². The lowest BCUT2D eigenvalue weighted by Gasteiger charge is -2.04. The second-order valence-corrected chi connectivity index (χ2v) is 3.89. The molecule has 0 aliphatic heterocycles. The molecule has 2 rings (SSSR count). The van der Waals surface area contributed by atoms with Gasteiger partial charge in [-0.1, -0.05) is 74.9 Å². The van der Waals surface area contributed by atoms with E-state index in [1.54, 1.807) is 0 Å². The van der Waals surface area contributed by atoms with Crippen LogP contribution in [0.4, 0.5) is 0 Å². The largest absolute Gasteiger partial charge is 0.0656 e. The summed E-state index contributed by atoms with van der Waals surface area (Å²) < 4.78 is 0. The van der Waals surface area contributed by atoms with Crippen molar-refractivity contribution in [2.45, 2.75) is 27.2 Å². The molecule has 16 heavy (non-hydrogen) atoms. The highest BCUT2D eigenvalue weighted by molar-refractivity contribution is 5.66. The van der Waals surface area contributed by atoms with E-state index in [0.29, 0.717) is 0 Å². The van der Waals surface area contributed by atoms with E-state index in [0.717, 1.165) is 0 Å². The van der Waals surface area contributed by atoms with E-state index in [4.69, 9.17) is 0 Å². The van der Waals surface area contributed by atoms with Crippen molar-refractivity contribution in [1.82, 2.24) is 0 Å². The average molecular weight is 212 g/mol. The van der Waals surface area contributed by atoms with Crippen LogP contribution in [0.2, 0.25) is 0 Å². The zero-order valence-electron chi connectivity index (χ0n) is 10.4. The van der Waals surface area contributed by atoms with Crippen LogP contribution in [0.15, 0.2) is 54.6 Å². The topological polar surface area (TPSA) is 0 Å². The zero-order valence-corrected chi connectivity index (χ0v) is 10.4. The van der Waals surface area contributed by atoms with E-state index in [1.165, 1.54) is 23.1 Å². The Bertz CT molecular complexity index is 401. The Morgan fingerprint density at radius 3 is 1.81 bits per heavy atom. The molecule has 0 heterocycles. The van der Waals surface area contributed by atoms with Crippen molar-refractivity contribution in [2.75, 3.05) is 0 Å². The Morgan fingerprint density at radius 2 is 1.25 bits per heavy atom. The summed E-state index contributed by atoms with van der Waals surface area (Å²) >= 11 is 0. The molecule has 0 unspecified atom stereocenters. The molecule has 0 aliphatic rings. The molecule has 0 amide bonds. The van der Waals surface area contributed by atoms with Crippen molar-refractivity contribution < 1.29 is 0 Å². The normalized spacial score (nSPS) is 9.19. The van der Waals surface area contributed by atoms with Gasteiger partial charge < -0.3 is 0 Å². The lowest BCUT2D eigenvalue weighted by Crippen LogP contribution is -1.80. The van der Waals surface area contributed by atoms with E-state index in [1.807, 2.05) is 6.07 Å². The van der Waals surface area contributed by atoms with Gasteiger partial charge in [0.2, 0.25) is 0 Å². The summed E-state index contributed by atoms with van der Waals surface area (Å²) in [6.07, 6.45) is 1.25. The third-order valence-electron chi connectivity index (χ3n) is 2.23. The van der Waals surface area contributed by atoms with E-state index < -0.39 is 0 Å². The van der Waals surface area contributed by atoms with E-state index in [-0.39, 0.29) is 0 Å². The summed E-state index contributed by atoms with van der Waals surface area (Å²) in [6, 6.07) is 18.9. The van der Waals surface area contributed by atoms with Gasteiger partial charge in [-0.3, -0.25) is 0 Å². The van der Waals surface area contributed by atoms with Crippen LogP contribution in [-0.2, 0) is 0 Å². The highest BCUT2D eigenvalue weighted by Gasteiger charge is 1.97. The number of rotatable bonds is 1. The van der Waals surface area contributed by atoms with Gasteiger partial charge in [0, 0.05) is 0 Å². The molecule has 0 spiro atoms. The van der Waals surface area contributed by atoms with Gasteiger partial charge in [0.15, 0.2) is 0 Å². The number of hydrogen-bond acceptors (Lipinski definition) is 0. The first-order valence-electron chi connectivity index (χ1n) is 5.90. The molecule has 0 nitrogen and oxygen atoms in total. The van der Waals surface area contributed by atoms with Crippen LogP contribution in [0.1, 0.15) is 25.8 Å². The summed E-state index contributed by atoms with van der Waals surface area (Å²) in [5.74, 6) is 0. The van der Waals surface area contributed by atoms with Gasteiger partial charge in [0.05, 0.1) is 0 Å². The lowest BCUT2D eigenvalue weighted by molar-refractivity contribution is 1.09. The summed E-state index contributed by atoms with van der Waals surface area (Å²) in [5.41, 5.74) is 3.94. The summed E-state index contributed by atoms with van der Waals surface area (Å²) in [5, 5.41) is 0. The number of aryl methyl sites for hydroxylation is 1. The maximum atomic E-state index is 2.16. The molecule has 0 N–H and O–H groups in total. The van der Waals surface area contributed by atoms with Crippen LogP contribution in [0.3, 0.4) is 0 Å². The van der Waals surface area contributed by atoms with Crippen LogP contribution < -0.4 is 0 Å². The summed E-state index contributed by atoms with van der Waals surface area (Å²) in [6.45, 7) is 6.39. The van der Waals surface area contributed by atoms with Crippen molar-refractivity contribution in [3.63, 3.8) is 0 Å². The lowest BCUT2D eigenvalue weighted by atomic mass is 10.0. The molecule has 0 bridgehead atoms. The molecule has 0 atom stereocenters. The molecule has 0 aliphatic carbocycles. The minimum atomic E-state index is 1.25. The first-order valence-corrected chi connectivity index (χ1v) is 5.90. The fourth-order valence-electron chi connectivity index (χ4n) is 1.51. The van der Waals surface area contributed by atoms with Gasteiger partial charge >= 0.3 is 0 Å². The standard InChI is InChI=1S/C13H12.C3H8/c1-11-7-5-6-10-13(11)12-8-3-2-4-9-12;1-3-2/h2-10H,1H3;3H2,1-2H3. The third kappa shape index (κ3) is 3.54. The van der Waals surface area contributed by atoms with Crippen molar-refractivity contribution in [2.24, 2.45) is 0 Å². The third-order valence-corrected chi connectivity index (χ3v) is 2.23. The minimum absolute atomic E-state index is 1.25. The van der Waals surface area contributed by atoms with Gasteiger partial charge in [-0.15, -0.1) is 0 Å². The summed E-state index contributed by atoms with van der Waals surface area (Å²) in [7, 11) is 0. The summed E-state index contributed by atoms with van der Waals surface area (Å²) in [4.78, 5) is 0. The van der Waals surface area contributed by atoms with Crippen LogP contribution in [-0.4, -0.2) is 0 Å². The number of hydrogen-bond donors (Lipinski definition) is 0. The smallest absolute Gasteiger partial charge is 0.0155 e. The molecule has 2 aromatic rings. The van der Waals surface area contributed by atoms with Crippen LogP contribution in [0.5, 0.6) is 0 Å². The Hall–Kier alpha value is -1.56. The molecule has 2 aromatic carbocycles. The average Bonchev–Trinajstić information content (AvgIpc) is 2.32. The molecule has 0 aromatic heterocycles. The first-order chi connectivity index (χ1) is 7.79. The first kappa shape index (κ1) is 12.5. The monoisotopic (exact) mass is 212 g/mol. The molecule has 84 valence electrons. The van der Waals surface area contributed by atoms with Crippen molar-refractivity contribution in [1.29, 1.82) is 0 Å². The second-order valence-electron chi connectivity index (χ2n) is 3.89. The maximum absolute atomic E-state index is 2.16. The van der Waals surface area contributed by atoms with E-state index >= 15 is 0 Å². The van der Waals surface area contributed by atoms with Crippen LogP contribution in [0, 0.1) is 6.92 Å². The minimum Gasteiger partial charge on any atom is -0.0656 e. The van der Waals surface area contributed by atoms with Gasteiger partial charge in [-0.05, 0) is 23.6 Å². The fraction of sp³-hybridized carbons (Fsp3) is 0.250.